The Kier molecular flexibility index (Phi) is 8.09. The van der Waals surface area contributed by atoms with E-state index in [1.165, 1.54) is 37.5 Å². The van der Waals surface area contributed by atoms with E-state index >= 15 is 0 Å². The van der Waals surface area contributed by atoms with Gasteiger partial charge in [-0.05, 0) is 53.6 Å². The van der Waals surface area contributed by atoms with Crippen molar-refractivity contribution in [3.63, 3.8) is 0 Å². The first-order chi connectivity index (χ1) is 16.3. The molecule has 0 aliphatic rings. The minimum atomic E-state index is -0.606. The predicted molar refractivity (Wildman–Crippen MR) is 129 cm³/mol. The number of halogens is 2. The van der Waals surface area contributed by atoms with Gasteiger partial charge in [-0.3, -0.25) is 14.9 Å². The van der Waals surface area contributed by atoms with Crippen molar-refractivity contribution in [2.45, 2.75) is 6.61 Å². The van der Waals surface area contributed by atoms with Crippen molar-refractivity contribution < 1.29 is 19.2 Å². The number of carbonyl (C=O) groups excluding carboxylic acids is 1. The SMILES string of the molecule is COc1ccc(NC(=O)/C(C#N)=C\c2cc(Cl)c(OCc3cccc([N+](=O)[O-])c3)c(Cl)c2)cc1. The maximum Gasteiger partial charge on any atom is 0.269 e. The Morgan fingerprint density at radius 1 is 1.15 bits per heavy atom. The second kappa shape index (κ2) is 11.2. The molecule has 34 heavy (non-hydrogen) atoms. The predicted octanol–water partition coefficient (Wildman–Crippen LogP) is 6.03. The van der Waals surface area contributed by atoms with Gasteiger partial charge in [-0.2, -0.15) is 5.26 Å². The van der Waals surface area contributed by atoms with Gasteiger partial charge in [-0.15, -0.1) is 0 Å². The van der Waals surface area contributed by atoms with Gasteiger partial charge in [0.15, 0.2) is 5.75 Å². The summed E-state index contributed by atoms with van der Waals surface area (Å²) in [6, 6.07) is 17.5. The molecule has 0 heterocycles. The number of hydrogen-bond acceptors (Lipinski definition) is 6. The van der Waals surface area contributed by atoms with Crippen LogP contribution >= 0.6 is 23.2 Å². The molecule has 0 aromatic heterocycles. The molecule has 0 aliphatic heterocycles. The molecule has 8 nitrogen and oxygen atoms in total. The van der Waals surface area contributed by atoms with Gasteiger partial charge in [0, 0.05) is 17.8 Å². The number of methoxy groups -OCH3 is 1. The number of hydrogen-bond donors (Lipinski definition) is 1. The van der Waals surface area contributed by atoms with Gasteiger partial charge in [0.1, 0.15) is 24.0 Å². The van der Waals surface area contributed by atoms with Crippen LogP contribution in [0.1, 0.15) is 11.1 Å². The summed E-state index contributed by atoms with van der Waals surface area (Å²) in [6.07, 6.45) is 1.35. The Morgan fingerprint density at radius 2 is 1.82 bits per heavy atom. The van der Waals surface area contributed by atoms with E-state index in [0.29, 0.717) is 22.6 Å². The minimum absolute atomic E-state index is 0.00399. The molecule has 172 valence electrons. The molecule has 3 rings (SSSR count). The normalized spacial score (nSPS) is 10.8. The van der Waals surface area contributed by atoms with Crippen molar-refractivity contribution >= 4 is 46.6 Å². The standard InChI is InChI=1S/C24H17Cl2N3O5/c1-33-20-7-5-18(6-8-20)28-24(30)17(13-27)9-16-11-21(25)23(22(26)12-16)34-14-15-3-2-4-19(10-15)29(31)32/h2-12H,14H2,1H3,(H,28,30)/b17-9-. The topological polar surface area (TPSA) is 114 Å². The third-order valence-corrected chi connectivity index (χ3v) is 5.11. The lowest BCUT2D eigenvalue weighted by molar-refractivity contribution is -0.384. The zero-order valence-electron chi connectivity index (χ0n) is 17.7. The molecule has 0 saturated heterocycles. The van der Waals surface area contributed by atoms with Gasteiger partial charge in [0.2, 0.25) is 0 Å². The first-order valence-electron chi connectivity index (χ1n) is 9.73. The molecular weight excluding hydrogens is 481 g/mol. The summed E-state index contributed by atoms with van der Waals surface area (Å²) >= 11 is 12.6. The molecular formula is C24H17Cl2N3O5. The minimum Gasteiger partial charge on any atom is -0.497 e. The molecule has 0 fully saturated rings. The van der Waals surface area contributed by atoms with Crippen LogP contribution in [0.25, 0.3) is 6.08 Å². The third kappa shape index (κ3) is 6.25. The van der Waals surface area contributed by atoms with Crippen LogP contribution in [0.5, 0.6) is 11.5 Å². The van der Waals surface area contributed by atoms with Crippen LogP contribution in [0.2, 0.25) is 10.0 Å². The highest BCUT2D eigenvalue weighted by molar-refractivity contribution is 6.37. The lowest BCUT2D eigenvalue weighted by Gasteiger charge is -2.11. The largest absolute Gasteiger partial charge is 0.497 e. The Bertz CT molecular complexity index is 1280. The van der Waals surface area contributed by atoms with Crippen LogP contribution in [-0.4, -0.2) is 17.9 Å². The molecule has 1 amide bonds. The van der Waals surface area contributed by atoms with Gasteiger partial charge in [-0.25, -0.2) is 0 Å². The van der Waals surface area contributed by atoms with Gasteiger partial charge in [0.25, 0.3) is 11.6 Å². The summed E-state index contributed by atoms with van der Waals surface area (Å²) in [5.41, 5.74) is 1.25. The third-order valence-electron chi connectivity index (χ3n) is 4.55. The van der Waals surface area contributed by atoms with Crippen LogP contribution < -0.4 is 14.8 Å². The zero-order chi connectivity index (χ0) is 24.7. The van der Waals surface area contributed by atoms with Crippen LogP contribution in [0.3, 0.4) is 0 Å². The van der Waals surface area contributed by atoms with Crippen LogP contribution in [0.15, 0.2) is 66.2 Å². The fraction of sp³-hybridized carbons (Fsp3) is 0.0833. The van der Waals surface area contributed by atoms with Crippen LogP contribution in [0, 0.1) is 21.4 Å². The molecule has 0 radical (unpaired) electrons. The van der Waals surface area contributed by atoms with E-state index in [4.69, 9.17) is 32.7 Å². The number of nitriles is 1. The van der Waals surface area contributed by atoms with Crippen molar-refractivity contribution in [2.75, 3.05) is 12.4 Å². The molecule has 0 atom stereocenters. The summed E-state index contributed by atoms with van der Waals surface area (Å²) in [6.45, 7) is 0.00399. The Balaban J connectivity index is 1.75. The van der Waals surface area contributed by atoms with Crippen LogP contribution in [-0.2, 0) is 11.4 Å². The Morgan fingerprint density at radius 3 is 2.41 bits per heavy atom. The number of carbonyl (C=O) groups is 1. The number of ether oxygens (including phenoxy) is 2. The number of non-ortho nitro benzene ring substituents is 1. The Labute approximate surface area is 205 Å². The average Bonchev–Trinajstić information content (AvgIpc) is 2.82. The van der Waals surface area contributed by atoms with Gasteiger partial charge in [-0.1, -0.05) is 35.3 Å². The number of nitro benzene ring substituents is 1. The summed E-state index contributed by atoms with van der Waals surface area (Å²) in [7, 11) is 1.53. The summed E-state index contributed by atoms with van der Waals surface area (Å²) in [4.78, 5) is 22.9. The highest BCUT2D eigenvalue weighted by Crippen LogP contribution is 2.35. The molecule has 0 unspecified atom stereocenters. The van der Waals surface area contributed by atoms with Gasteiger partial charge >= 0.3 is 0 Å². The molecule has 0 bridgehead atoms. The van der Waals surface area contributed by atoms with Crippen molar-refractivity contribution in [1.29, 1.82) is 5.26 Å². The smallest absolute Gasteiger partial charge is 0.269 e. The number of nitrogens with zero attached hydrogens (tertiary/aromatic N) is 2. The fourth-order valence-electron chi connectivity index (χ4n) is 2.90. The van der Waals surface area contributed by atoms with E-state index in [0.717, 1.165) is 0 Å². The molecule has 10 heteroatoms. The number of nitro groups is 1. The summed E-state index contributed by atoms with van der Waals surface area (Å²) < 4.78 is 10.7. The first kappa shape index (κ1) is 24.6. The number of rotatable bonds is 8. The molecule has 3 aromatic rings. The van der Waals surface area contributed by atoms with Crippen LogP contribution in [0.4, 0.5) is 11.4 Å². The van der Waals surface area contributed by atoms with E-state index in [1.807, 2.05) is 6.07 Å². The first-order valence-corrected chi connectivity index (χ1v) is 10.5. The van der Waals surface area contributed by atoms with E-state index in [-0.39, 0.29) is 33.7 Å². The van der Waals surface area contributed by atoms with E-state index in [9.17, 15) is 20.2 Å². The van der Waals surface area contributed by atoms with Crippen molar-refractivity contribution in [3.8, 4) is 17.6 Å². The monoisotopic (exact) mass is 497 g/mol. The highest BCUT2D eigenvalue weighted by atomic mass is 35.5. The molecule has 3 aromatic carbocycles. The van der Waals surface area contributed by atoms with Crippen molar-refractivity contribution in [3.05, 3.63) is 97.5 Å². The maximum atomic E-state index is 12.5. The van der Waals surface area contributed by atoms with Gasteiger partial charge in [0.05, 0.1) is 22.1 Å². The summed E-state index contributed by atoms with van der Waals surface area (Å²) in [5.74, 6) is 0.199. The summed E-state index contributed by atoms with van der Waals surface area (Å²) in [5, 5.41) is 23.3. The Hall–Kier alpha value is -4.06. The average molecular weight is 498 g/mol. The maximum absolute atomic E-state index is 12.5. The lowest BCUT2D eigenvalue weighted by Crippen LogP contribution is -2.13. The highest BCUT2D eigenvalue weighted by Gasteiger charge is 2.14. The number of anilines is 1. The van der Waals surface area contributed by atoms with Crippen molar-refractivity contribution in [2.24, 2.45) is 0 Å². The van der Waals surface area contributed by atoms with Crippen molar-refractivity contribution in [1.82, 2.24) is 0 Å². The van der Waals surface area contributed by atoms with E-state index in [2.05, 4.69) is 5.32 Å². The van der Waals surface area contributed by atoms with E-state index in [1.54, 1.807) is 36.4 Å². The molecule has 0 spiro atoms. The van der Waals surface area contributed by atoms with Gasteiger partial charge < -0.3 is 14.8 Å². The lowest BCUT2D eigenvalue weighted by atomic mass is 10.1. The van der Waals surface area contributed by atoms with E-state index < -0.39 is 10.8 Å². The second-order valence-corrected chi connectivity index (χ2v) is 7.70. The number of amides is 1. The number of nitrogens with one attached hydrogen (secondary N) is 1. The number of benzene rings is 3. The molecule has 1 N–H and O–H groups in total. The molecule has 0 aliphatic carbocycles. The zero-order valence-corrected chi connectivity index (χ0v) is 19.3. The quantitative estimate of drug-likeness (QED) is 0.175. The molecule has 0 saturated carbocycles. The fourth-order valence-corrected chi connectivity index (χ4v) is 3.52. The second-order valence-electron chi connectivity index (χ2n) is 6.88.